The van der Waals surface area contributed by atoms with Gasteiger partial charge in [-0.15, -0.1) is 11.3 Å². The highest BCUT2D eigenvalue weighted by Crippen LogP contribution is 2.43. The summed E-state index contributed by atoms with van der Waals surface area (Å²) in [6, 6.07) is 1.52. The predicted molar refractivity (Wildman–Crippen MR) is 132 cm³/mol. The van der Waals surface area contributed by atoms with Crippen LogP contribution in [0.1, 0.15) is 36.4 Å². The zero-order valence-corrected chi connectivity index (χ0v) is 21.4. The van der Waals surface area contributed by atoms with E-state index in [1.807, 2.05) is 17.8 Å². The van der Waals surface area contributed by atoms with Gasteiger partial charge in [0.25, 0.3) is 0 Å². The summed E-state index contributed by atoms with van der Waals surface area (Å²) in [4.78, 5) is 10.4. The van der Waals surface area contributed by atoms with Gasteiger partial charge >= 0.3 is 6.18 Å². The van der Waals surface area contributed by atoms with Gasteiger partial charge in [-0.05, 0) is 52.4 Å². The number of piperidine rings is 1. The van der Waals surface area contributed by atoms with E-state index in [9.17, 15) is 21.6 Å². The summed E-state index contributed by atoms with van der Waals surface area (Å²) in [5.41, 5.74) is -0.588. The molecular weight excluding hydrogens is 515 g/mol. The minimum absolute atomic E-state index is 0.00830. The number of alkyl halides is 3. The van der Waals surface area contributed by atoms with Gasteiger partial charge in [-0.1, -0.05) is 0 Å². The highest BCUT2D eigenvalue weighted by molar-refractivity contribution is 7.91. The Hall–Kier alpha value is -2.71. The zero-order valence-electron chi connectivity index (χ0n) is 19.8. The highest BCUT2D eigenvalue weighted by Gasteiger charge is 2.37. The van der Waals surface area contributed by atoms with E-state index in [1.54, 1.807) is 0 Å². The number of anilines is 3. The smallest absolute Gasteiger partial charge is 0.376 e. The van der Waals surface area contributed by atoms with Gasteiger partial charge in [-0.3, -0.25) is 4.68 Å². The maximum Gasteiger partial charge on any atom is 0.420 e. The van der Waals surface area contributed by atoms with Gasteiger partial charge in [0.1, 0.15) is 15.5 Å². The van der Waals surface area contributed by atoms with E-state index in [1.165, 1.54) is 6.07 Å². The molecule has 194 valence electrons. The molecule has 0 spiro atoms. The summed E-state index contributed by atoms with van der Waals surface area (Å²) >= 11 is 0.943. The van der Waals surface area contributed by atoms with Crippen molar-refractivity contribution < 1.29 is 21.6 Å². The van der Waals surface area contributed by atoms with Gasteiger partial charge in [-0.25, -0.2) is 18.4 Å². The number of aromatic nitrogens is 4. The Labute approximate surface area is 210 Å². The van der Waals surface area contributed by atoms with Crippen molar-refractivity contribution in [1.82, 2.24) is 24.6 Å². The fourth-order valence-corrected chi connectivity index (χ4v) is 7.37. The second-order valence-corrected chi connectivity index (χ2v) is 12.3. The molecule has 2 N–H and O–H groups in total. The summed E-state index contributed by atoms with van der Waals surface area (Å²) in [7, 11) is -1.52. The quantitative estimate of drug-likeness (QED) is 0.503. The number of sulfone groups is 1. The largest absolute Gasteiger partial charge is 0.420 e. The maximum atomic E-state index is 13.8. The lowest BCUT2D eigenvalue weighted by molar-refractivity contribution is -0.137. The van der Waals surface area contributed by atoms with E-state index < -0.39 is 21.6 Å². The van der Waals surface area contributed by atoms with E-state index >= 15 is 0 Å². The summed E-state index contributed by atoms with van der Waals surface area (Å²) in [5.74, 6) is 0.352. The van der Waals surface area contributed by atoms with Crippen LogP contribution in [0.25, 0.3) is 10.6 Å². The number of halogens is 3. The lowest BCUT2D eigenvalue weighted by Gasteiger charge is -2.28. The third-order valence-corrected chi connectivity index (χ3v) is 9.49. The third-order valence-electron chi connectivity index (χ3n) is 6.44. The zero-order chi connectivity index (χ0) is 25.7. The fourth-order valence-electron chi connectivity index (χ4n) is 4.42. The summed E-state index contributed by atoms with van der Waals surface area (Å²) < 4.78 is 68.6. The molecule has 5 rings (SSSR count). The van der Waals surface area contributed by atoms with E-state index in [4.69, 9.17) is 0 Å². The molecule has 0 aromatic carbocycles. The molecule has 0 amide bonds. The van der Waals surface area contributed by atoms with Crippen LogP contribution in [0.2, 0.25) is 0 Å². The first-order valence-corrected chi connectivity index (χ1v) is 14.0. The first-order valence-electron chi connectivity index (χ1n) is 11.6. The second-order valence-electron chi connectivity index (χ2n) is 9.16. The molecule has 2 aliphatic heterocycles. The van der Waals surface area contributed by atoms with Crippen molar-refractivity contribution in [2.45, 2.75) is 43.3 Å². The first-order chi connectivity index (χ1) is 17.0. The first kappa shape index (κ1) is 25.0. The Kier molecular flexibility index (Phi) is 6.45. The Bertz CT molecular complexity index is 1380. The molecule has 9 nitrogen and oxygen atoms in total. The van der Waals surface area contributed by atoms with Crippen LogP contribution in [0, 0.1) is 6.92 Å². The van der Waals surface area contributed by atoms with E-state index in [-0.39, 0.29) is 33.2 Å². The van der Waals surface area contributed by atoms with E-state index in [2.05, 4.69) is 37.6 Å². The molecule has 1 fully saturated rings. The Balaban J connectivity index is 1.49. The number of rotatable bonds is 4. The highest BCUT2D eigenvalue weighted by atomic mass is 32.2. The van der Waals surface area contributed by atoms with Crippen molar-refractivity contribution in [3.8, 4) is 10.6 Å². The predicted octanol–water partition coefficient (Wildman–Crippen LogP) is 4.33. The minimum Gasteiger partial charge on any atom is -0.376 e. The van der Waals surface area contributed by atoms with Crippen LogP contribution in [0.3, 0.4) is 0 Å². The molecular formula is C22H26F3N7O2S2. The topological polar surface area (TPSA) is 105 Å². The Morgan fingerprint density at radius 1 is 1.25 bits per heavy atom. The van der Waals surface area contributed by atoms with Crippen LogP contribution < -0.4 is 10.6 Å². The van der Waals surface area contributed by atoms with Crippen LogP contribution in [0.4, 0.5) is 29.9 Å². The molecule has 0 unspecified atom stereocenters. The van der Waals surface area contributed by atoms with Gasteiger partial charge in [0.15, 0.2) is 15.7 Å². The molecule has 5 heterocycles. The summed E-state index contributed by atoms with van der Waals surface area (Å²) in [6.45, 7) is 4.22. The summed E-state index contributed by atoms with van der Waals surface area (Å²) in [5, 5.41) is 10.9. The fraction of sp³-hybridized carbons (Fsp3) is 0.500. The minimum atomic E-state index is -4.72. The van der Waals surface area contributed by atoms with Crippen molar-refractivity contribution in [2.75, 3.05) is 43.1 Å². The molecule has 0 aliphatic carbocycles. The Morgan fingerprint density at radius 2 is 2.00 bits per heavy atom. The SMILES string of the molecule is Cc1cn(C2CCN(C)CC2)nc1Nc1ncc(C(F)(F)F)c(-c2cc3c(s2)NCCCS3(=O)=O)n1. The standard InChI is InChI=1S/C22H26F3N7O2S2/c1-13-12-32(14-4-7-31(2)8-5-14)30-19(13)29-21-27-11-15(22(23,24)25)18(28-21)16-10-17-20(35-16)26-6-3-9-36(17,33)34/h10-12,14,26H,3-9H2,1-2H3,(H,27,28,29,30). The lowest BCUT2D eigenvalue weighted by atomic mass is 10.1. The number of fused-ring (bicyclic) bond motifs is 1. The van der Waals surface area contributed by atoms with Crippen LogP contribution in [0.5, 0.6) is 0 Å². The molecule has 1 saturated heterocycles. The number of likely N-dealkylation sites (tertiary alicyclic amines) is 1. The number of hydrogen-bond acceptors (Lipinski definition) is 9. The maximum absolute atomic E-state index is 13.8. The molecule has 3 aromatic rings. The van der Waals surface area contributed by atoms with Crippen LogP contribution in [-0.2, 0) is 16.0 Å². The number of hydrogen-bond donors (Lipinski definition) is 2. The van der Waals surface area contributed by atoms with Crippen molar-refractivity contribution >= 4 is 37.9 Å². The van der Waals surface area contributed by atoms with E-state index in [0.717, 1.165) is 49.0 Å². The number of thiophene rings is 1. The lowest BCUT2D eigenvalue weighted by Crippen LogP contribution is -2.31. The average molecular weight is 542 g/mol. The van der Waals surface area contributed by atoms with Gasteiger partial charge < -0.3 is 15.5 Å². The molecule has 2 aliphatic rings. The monoisotopic (exact) mass is 541 g/mol. The van der Waals surface area contributed by atoms with Gasteiger partial charge in [-0.2, -0.15) is 18.3 Å². The van der Waals surface area contributed by atoms with Crippen LogP contribution in [-0.4, -0.2) is 65.5 Å². The molecule has 14 heteroatoms. The average Bonchev–Trinajstić information content (AvgIpc) is 3.37. The number of aryl methyl sites for hydroxylation is 1. The van der Waals surface area contributed by atoms with E-state index in [0.29, 0.717) is 23.8 Å². The van der Waals surface area contributed by atoms with Gasteiger partial charge in [0.2, 0.25) is 5.95 Å². The number of nitrogens with one attached hydrogen (secondary N) is 2. The van der Waals surface area contributed by atoms with Gasteiger partial charge in [0, 0.05) is 24.5 Å². The van der Waals surface area contributed by atoms with Crippen molar-refractivity contribution in [2.24, 2.45) is 0 Å². The Morgan fingerprint density at radius 3 is 2.72 bits per heavy atom. The normalized spacial score (nSPS) is 18.9. The molecule has 0 saturated carbocycles. The third kappa shape index (κ3) is 4.93. The van der Waals surface area contributed by atoms with Crippen molar-refractivity contribution in [3.63, 3.8) is 0 Å². The summed E-state index contributed by atoms with van der Waals surface area (Å²) in [6.07, 6.45) is 0.262. The number of nitrogens with zero attached hydrogens (tertiary/aromatic N) is 5. The second kappa shape index (κ2) is 9.30. The van der Waals surface area contributed by atoms with Gasteiger partial charge in [0.05, 0.1) is 22.4 Å². The van der Waals surface area contributed by atoms with Crippen LogP contribution in [0.15, 0.2) is 23.4 Å². The molecule has 0 bridgehead atoms. The van der Waals surface area contributed by atoms with Crippen molar-refractivity contribution in [3.05, 3.63) is 29.6 Å². The van der Waals surface area contributed by atoms with Crippen LogP contribution >= 0.6 is 11.3 Å². The molecule has 0 radical (unpaired) electrons. The molecule has 36 heavy (non-hydrogen) atoms. The molecule has 3 aromatic heterocycles. The molecule has 0 atom stereocenters. The van der Waals surface area contributed by atoms with Crippen molar-refractivity contribution in [1.29, 1.82) is 0 Å².